The van der Waals surface area contributed by atoms with Crippen LogP contribution in [0.1, 0.15) is 5.56 Å². The Kier molecular flexibility index (Phi) is 2.55. The highest BCUT2D eigenvalue weighted by Gasteiger charge is 2.06. The van der Waals surface area contributed by atoms with E-state index in [9.17, 15) is 8.78 Å². The molecule has 0 N–H and O–H groups in total. The first-order valence-electron chi connectivity index (χ1n) is 5.57. The molecule has 0 aliphatic rings. The summed E-state index contributed by atoms with van der Waals surface area (Å²) in [6, 6.07) is 8.08. The number of benzene rings is 1. The lowest BCUT2D eigenvalue weighted by atomic mass is 10.2. The Morgan fingerprint density at radius 2 is 2.00 bits per heavy atom. The van der Waals surface area contributed by atoms with Crippen LogP contribution >= 0.6 is 0 Å². The highest BCUT2D eigenvalue weighted by Crippen LogP contribution is 2.20. The molecule has 1 aromatic carbocycles. The van der Waals surface area contributed by atoms with Gasteiger partial charge >= 0.3 is 0 Å². The third-order valence-electron chi connectivity index (χ3n) is 2.87. The number of nitrogens with zero attached hydrogens (tertiary/aromatic N) is 2. The van der Waals surface area contributed by atoms with Crippen molar-refractivity contribution in [1.29, 1.82) is 0 Å². The summed E-state index contributed by atoms with van der Waals surface area (Å²) in [5.41, 5.74) is 1.54. The molecule has 0 aliphatic carbocycles. The molecule has 0 fully saturated rings. The minimum absolute atomic E-state index is 0.247. The lowest BCUT2D eigenvalue weighted by Crippen LogP contribution is -1.99. The maximum Gasteiger partial charge on any atom is 0.141 e. The molecule has 2 aromatic heterocycles. The van der Waals surface area contributed by atoms with E-state index in [4.69, 9.17) is 0 Å². The highest BCUT2D eigenvalue weighted by molar-refractivity contribution is 5.80. The molecule has 18 heavy (non-hydrogen) atoms. The quantitative estimate of drug-likeness (QED) is 0.675. The fraction of sp³-hybridized carbons (Fsp3) is 0.0714. The molecule has 2 nitrogen and oxygen atoms in total. The van der Waals surface area contributed by atoms with E-state index in [1.54, 1.807) is 24.5 Å². The van der Waals surface area contributed by atoms with E-state index >= 15 is 0 Å². The summed E-state index contributed by atoms with van der Waals surface area (Å²) in [6.45, 7) is 0.470. The molecule has 3 rings (SSSR count). The normalized spacial score (nSPS) is 11.0. The van der Waals surface area contributed by atoms with Gasteiger partial charge in [0.2, 0.25) is 0 Å². The summed E-state index contributed by atoms with van der Waals surface area (Å²) in [4.78, 5) is 3.80. The van der Waals surface area contributed by atoms with Gasteiger partial charge in [0.25, 0.3) is 0 Å². The Hall–Kier alpha value is -2.23. The fourth-order valence-electron chi connectivity index (χ4n) is 2.06. The Morgan fingerprint density at radius 1 is 1.11 bits per heavy atom. The van der Waals surface area contributed by atoms with Gasteiger partial charge in [-0.3, -0.25) is 4.98 Å². The number of rotatable bonds is 2. The van der Waals surface area contributed by atoms with Gasteiger partial charge in [-0.25, -0.2) is 8.78 Å². The molecule has 0 unspecified atom stereocenters. The van der Waals surface area contributed by atoms with Crippen molar-refractivity contribution in [2.24, 2.45) is 0 Å². The van der Waals surface area contributed by atoms with Gasteiger partial charge in [-0.15, -0.1) is 0 Å². The molecule has 90 valence electrons. The van der Waals surface area contributed by atoms with Gasteiger partial charge in [-0.1, -0.05) is 6.07 Å². The summed E-state index contributed by atoms with van der Waals surface area (Å²) in [7, 11) is 0. The average molecular weight is 244 g/mol. The highest BCUT2D eigenvalue weighted by atomic mass is 19.1. The van der Waals surface area contributed by atoms with Gasteiger partial charge in [0, 0.05) is 24.3 Å². The fourth-order valence-corrected chi connectivity index (χ4v) is 2.06. The van der Waals surface area contributed by atoms with Crippen LogP contribution in [0.4, 0.5) is 8.78 Å². The molecule has 0 radical (unpaired) electrons. The summed E-state index contributed by atoms with van der Waals surface area (Å²) < 4.78 is 28.4. The second-order valence-corrected chi connectivity index (χ2v) is 4.13. The van der Waals surface area contributed by atoms with Gasteiger partial charge in [0.1, 0.15) is 11.6 Å². The molecule has 2 heterocycles. The van der Waals surface area contributed by atoms with E-state index in [-0.39, 0.29) is 11.6 Å². The summed E-state index contributed by atoms with van der Waals surface area (Å²) in [5, 5.41) is 0.571. The van der Waals surface area contributed by atoms with E-state index in [1.807, 2.05) is 10.6 Å². The maximum atomic E-state index is 13.5. The summed E-state index contributed by atoms with van der Waals surface area (Å²) in [6.07, 6.45) is 4.56. The van der Waals surface area contributed by atoms with Gasteiger partial charge in [0.15, 0.2) is 0 Å². The van der Waals surface area contributed by atoms with Crippen LogP contribution in [0.15, 0.2) is 48.9 Å². The van der Waals surface area contributed by atoms with E-state index in [1.165, 1.54) is 12.1 Å². The number of hydrogen-bond donors (Lipinski definition) is 0. The zero-order valence-corrected chi connectivity index (χ0v) is 9.48. The number of pyridine rings is 1. The number of halogens is 2. The predicted octanol–water partition coefficient (Wildman–Crippen LogP) is 3.36. The largest absolute Gasteiger partial charge is 0.343 e. The Balaban J connectivity index is 2.03. The van der Waals surface area contributed by atoms with Crippen LogP contribution in [0.25, 0.3) is 10.9 Å². The van der Waals surface area contributed by atoms with Crippen molar-refractivity contribution in [3.05, 3.63) is 66.1 Å². The molecule has 4 heteroatoms. The van der Waals surface area contributed by atoms with Crippen molar-refractivity contribution in [3.63, 3.8) is 0 Å². The Bertz CT molecular complexity index is 704. The van der Waals surface area contributed by atoms with E-state index < -0.39 is 0 Å². The van der Waals surface area contributed by atoms with Crippen LogP contribution in [0.2, 0.25) is 0 Å². The predicted molar refractivity (Wildman–Crippen MR) is 65.2 cm³/mol. The van der Waals surface area contributed by atoms with Crippen molar-refractivity contribution in [2.45, 2.75) is 6.54 Å². The summed E-state index contributed by atoms with van der Waals surface area (Å²) in [5.74, 6) is -0.612. The van der Waals surface area contributed by atoms with Gasteiger partial charge < -0.3 is 4.57 Å². The van der Waals surface area contributed by atoms with Gasteiger partial charge in [-0.2, -0.15) is 0 Å². The van der Waals surface area contributed by atoms with E-state index in [0.29, 0.717) is 11.9 Å². The molecule has 0 aliphatic heterocycles. The first-order valence-corrected chi connectivity index (χ1v) is 5.57. The summed E-state index contributed by atoms with van der Waals surface area (Å²) >= 11 is 0. The molecule has 0 atom stereocenters. The number of fused-ring (bicyclic) bond motifs is 1. The van der Waals surface area contributed by atoms with Crippen molar-refractivity contribution in [2.75, 3.05) is 0 Å². The topological polar surface area (TPSA) is 17.8 Å². The smallest absolute Gasteiger partial charge is 0.141 e. The maximum absolute atomic E-state index is 13.5. The zero-order valence-electron chi connectivity index (χ0n) is 9.48. The second-order valence-electron chi connectivity index (χ2n) is 4.13. The van der Waals surface area contributed by atoms with Crippen LogP contribution in [0.5, 0.6) is 0 Å². The molecule has 0 amide bonds. The lowest BCUT2D eigenvalue weighted by molar-refractivity contribution is 0.616. The van der Waals surface area contributed by atoms with Crippen molar-refractivity contribution in [1.82, 2.24) is 9.55 Å². The number of aromatic nitrogens is 2. The molecular formula is C14H10F2N2. The molecule has 3 aromatic rings. The molecule has 0 spiro atoms. The third kappa shape index (κ3) is 1.86. The van der Waals surface area contributed by atoms with Crippen molar-refractivity contribution < 1.29 is 8.78 Å². The first-order chi connectivity index (χ1) is 8.74. The van der Waals surface area contributed by atoms with Crippen molar-refractivity contribution in [3.8, 4) is 0 Å². The van der Waals surface area contributed by atoms with E-state index in [2.05, 4.69) is 4.98 Å². The van der Waals surface area contributed by atoms with Gasteiger partial charge in [0.05, 0.1) is 11.7 Å². The first kappa shape index (κ1) is 10.9. The monoisotopic (exact) mass is 244 g/mol. The zero-order chi connectivity index (χ0) is 12.5. The van der Waals surface area contributed by atoms with Crippen LogP contribution < -0.4 is 0 Å². The van der Waals surface area contributed by atoms with Crippen LogP contribution in [0, 0.1) is 11.6 Å². The second kappa shape index (κ2) is 4.22. The lowest BCUT2D eigenvalue weighted by Gasteiger charge is -2.05. The molecule has 0 saturated carbocycles. The van der Waals surface area contributed by atoms with Crippen LogP contribution in [0.3, 0.4) is 0 Å². The minimum Gasteiger partial charge on any atom is -0.343 e. The third-order valence-corrected chi connectivity index (χ3v) is 2.87. The van der Waals surface area contributed by atoms with Crippen LogP contribution in [-0.4, -0.2) is 9.55 Å². The number of hydrogen-bond acceptors (Lipinski definition) is 1. The Morgan fingerprint density at radius 3 is 2.83 bits per heavy atom. The van der Waals surface area contributed by atoms with E-state index in [0.717, 1.165) is 17.3 Å². The van der Waals surface area contributed by atoms with Crippen molar-refractivity contribution >= 4 is 10.9 Å². The molecular weight excluding hydrogens is 234 g/mol. The SMILES string of the molecule is Fc1cncc(Cn2ccc3c(F)cccc32)c1. The molecule has 0 bridgehead atoms. The van der Waals surface area contributed by atoms with Crippen LogP contribution in [-0.2, 0) is 6.54 Å². The minimum atomic E-state index is -0.366. The molecule has 0 saturated heterocycles. The van der Waals surface area contributed by atoms with Gasteiger partial charge in [-0.05, 0) is 29.8 Å². The average Bonchev–Trinajstić information content (AvgIpc) is 2.74. The standard InChI is InChI=1S/C14H10F2N2/c15-11-6-10(7-17-8-11)9-18-5-4-12-13(16)2-1-3-14(12)18/h1-8H,9H2. The Labute approximate surface area is 103 Å².